The van der Waals surface area contributed by atoms with Gasteiger partial charge in [0.15, 0.2) is 0 Å². The summed E-state index contributed by atoms with van der Waals surface area (Å²) in [6, 6.07) is 22.3. The molecule has 0 aliphatic heterocycles. The highest BCUT2D eigenvalue weighted by molar-refractivity contribution is 8.00. The fourth-order valence-corrected chi connectivity index (χ4v) is 4.03. The van der Waals surface area contributed by atoms with Crippen LogP contribution in [0.25, 0.3) is 0 Å². The number of nitrogens with one attached hydrogen (secondary N) is 2. The van der Waals surface area contributed by atoms with E-state index in [1.54, 1.807) is 13.2 Å². The molecule has 0 aliphatic rings. The van der Waals surface area contributed by atoms with E-state index >= 15 is 0 Å². The van der Waals surface area contributed by atoms with Crippen LogP contribution in [0.3, 0.4) is 0 Å². The van der Waals surface area contributed by atoms with Crippen LogP contribution in [0.5, 0.6) is 5.75 Å². The summed E-state index contributed by atoms with van der Waals surface area (Å²) < 4.78 is 5.15. The Labute approximate surface area is 187 Å². The zero-order valence-electron chi connectivity index (χ0n) is 17.8. The maximum atomic E-state index is 12.7. The van der Waals surface area contributed by atoms with E-state index < -0.39 is 0 Å². The fraction of sp³-hybridized carbons (Fsp3) is 0.200. The van der Waals surface area contributed by atoms with Crippen LogP contribution in [0.15, 0.2) is 77.7 Å². The predicted molar refractivity (Wildman–Crippen MR) is 127 cm³/mol. The van der Waals surface area contributed by atoms with E-state index in [0.29, 0.717) is 17.7 Å². The van der Waals surface area contributed by atoms with Crippen LogP contribution in [0.2, 0.25) is 0 Å². The molecule has 2 amide bonds. The molecule has 2 N–H and O–H groups in total. The standard InChI is InChI=1S/C25H26N2O3S/c1-4-23(25(29)26-19-11-13-21(30-3)14-12-19)31-22-10-6-9-20(16-22)27-24(28)18-8-5-7-17(2)15-18/h5-16,23H,4H2,1-3H3,(H,26,29)(H,27,28). The number of aryl methyl sites for hydroxylation is 1. The second kappa shape index (κ2) is 10.7. The van der Waals surface area contributed by atoms with Crippen molar-refractivity contribution < 1.29 is 14.3 Å². The molecular formula is C25H26N2O3S. The van der Waals surface area contributed by atoms with E-state index in [-0.39, 0.29) is 17.1 Å². The lowest BCUT2D eigenvalue weighted by molar-refractivity contribution is -0.115. The third-order valence-electron chi connectivity index (χ3n) is 4.67. The van der Waals surface area contributed by atoms with Crippen LogP contribution in [-0.4, -0.2) is 24.2 Å². The highest BCUT2D eigenvalue weighted by Gasteiger charge is 2.18. The van der Waals surface area contributed by atoms with Crippen LogP contribution in [0.4, 0.5) is 11.4 Å². The Morgan fingerprint density at radius 2 is 1.68 bits per heavy atom. The maximum Gasteiger partial charge on any atom is 0.255 e. The minimum atomic E-state index is -0.259. The van der Waals surface area contributed by atoms with Crippen LogP contribution in [0, 0.1) is 6.92 Å². The van der Waals surface area contributed by atoms with E-state index in [9.17, 15) is 9.59 Å². The van der Waals surface area contributed by atoms with Crippen LogP contribution in [-0.2, 0) is 4.79 Å². The smallest absolute Gasteiger partial charge is 0.255 e. The molecule has 3 rings (SSSR count). The number of methoxy groups -OCH3 is 1. The van der Waals surface area contributed by atoms with Crippen molar-refractivity contribution in [3.8, 4) is 5.75 Å². The third kappa shape index (κ3) is 6.36. The number of carbonyl (C=O) groups excluding carboxylic acids is 2. The summed E-state index contributed by atoms with van der Waals surface area (Å²) >= 11 is 1.48. The highest BCUT2D eigenvalue weighted by Crippen LogP contribution is 2.29. The first kappa shape index (κ1) is 22.4. The molecule has 5 nitrogen and oxygen atoms in total. The lowest BCUT2D eigenvalue weighted by atomic mass is 10.1. The van der Waals surface area contributed by atoms with E-state index in [2.05, 4.69) is 10.6 Å². The van der Waals surface area contributed by atoms with Gasteiger partial charge in [-0.25, -0.2) is 0 Å². The number of anilines is 2. The minimum Gasteiger partial charge on any atom is -0.497 e. The predicted octanol–water partition coefficient (Wildman–Crippen LogP) is 5.77. The van der Waals surface area contributed by atoms with Crippen molar-refractivity contribution in [2.24, 2.45) is 0 Å². The summed E-state index contributed by atoms with van der Waals surface area (Å²) in [6.45, 7) is 3.94. The molecule has 6 heteroatoms. The Kier molecular flexibility index (Phi) is 7.73. The van der Waals surface area contributed by atoms with Gasteiger partial charge in [-0.15, -0.1) is 11.8 Å². The monoisotopic (exact) mass is 434 g/mol. The Hall–Kier alpha value is -3.25. The molecule has 0 heterocycles. The summed E-state index contributed by atoms with van der Waals surface area (Å²) in [7, 11) is 1.61. The van der Waals surface area contributed by atoms with Gasteiger partial charge in [0.2, 0.25) is 5.91 Å². The molecule has 0 aromatic heterocycles. The molecule has 160 valence electrons. The van der Waals surface area contributed by atoms with E-state index in [0.717, 1.165) is 21.9 Å². The van der Waals surface area contributed by atoms with Crippen LogP contribution >= 0.6 is 11.8 Å². The number of hydrogen-bond donors (Lipinski definition) is 2. The Morgan fingerprint density at radius 1 is 0.935 bits per heavy atom. The van der Waals surface area contributed by atoms with Crippen molar-refractivity contribution in [2.45, 2.75) is 30.4 Å². The van der Waals surface area contributed by atoms with Gasteiger partial charge >= 0.3 is 0 Å². The fourth-order valence-electron chi connectivity index (χ4n) is 3.02. The first-order valence-electron chi connectivity index (χ1n) is 10.1. The van der Waals surface area contributed by atoms with Gasteiger partial charge in [0.25, 0.3) is 5.91 Å². The van der Waals surface area contributed by atoms with Gasteiger partial charge in [-0.05, 0) is 67.9 Å². The zero-order valence-corrected chi connectivity index (χ0v) is 18.7. The number of hydrogen-bond acceptors (Lipinski definition) is 4. The van der Waals surface area contributed by atoms with Gasteiger partial charge in [-0.1, -0.05) is 30.7 Å². The summed E-state index contributed by atoms with van der Waals surface area (Å²) in [5, 5.41) is 5.63. The molecule has 31 heavy (non-hydrogen) atoms. The van der Waals surface area contributed by atoms with E-state index in [1.807, 2.05) is 80.6 Å². The van der Waals surface area contributed by atoms with Crippen LogP contribution < -0.4 is 15.4 Å². The van der Waals surface area contributed by atoms with Gasteiger partial charge in [0.1, 0.15) is 5.75 Å². The number of rotatable bonds is 8. The highest BCUT2D eigenvalue weighted by atomic mass is 32.2. The average molecular weight is 435 g/mol. The van der Waals surface area contributed by atoms with Crippen LogP contribution in [0.1, 0.15) is 29.3 Å². The number of ether oxygens (including phenoxy) is 1. The SMILES string of the molecule is CCC(Sc1cccc(NC(=O)c2cccc(C)c2)c1)C(=O)Nc1ccc(OC)cc1. The van der Waals surface area contributed by atoms with Gasteiger partial charge in [-0.3, -0.25) is 9.59 Å². The molecule has 0 saturated heterocycles. The van der Waals surface area contributed by atoms with Crippen molar-refractivity contribution >= 4 is 35.0 Å². The molecule has 0 radical (unpaired) electrons. The molecule has 3 aromatic carbocycles. The van der Waals surface area contributed by atoms with Gasteiger partial charge in [0.05, 0.1) is 12.4 Å². The molecule has 0 aliphatic carbocycles. The Bertz CT molecular complexity index is 1050. The summed E-state index contributed by atoms with van der Waals surface area (Å²) in [6.07, 6.45) is 0.673. The molecular weight excluding hydrogens is 408 g/mol. The van der Waals surface area contributed by atoms with Gasteiger partial charge in [-0.2, -0.15) is 0 Å². The molecule has 3 aromatic rings. The first-order chi connectivity index (χ1) is 15.0. The normalized spacial score (nSPS) is 11.5. The largest absolute Gasteiger partial charge is 0.497 e. The molecule has 0 fully saturated rings. The van der Waals surface area contributed by atoms with Gasteiger partial charge < -0.3 is 15.4 Å². The van der Waals surface area contributed by atoms with E-state index in [1.165, 1.54) is 11.8 Å². The Morgan fingerprint density at radius 3 is 2.35 bits per heavy atom. The van der Waals surface area contributed by atoms with Crippen molar-refractivity contribution in [3.63, 3.8) is 0 Å². The average Bonchev–Trinajstić information content (AvgIpc) is 2.78. The first-order valence-corrected chi connectivity index (χ1v) is 11.0. The second-order valence-electron chi connectivity index (χ2n) is 7.08. The summed E-state index contributed by atoms with van der Waals surface area (Å²) in [5.41, 5.74) is 3.07. The number of benzene rings is 3. The zero-order chi connectivity index (χ0) is 22.2. The number of thioether (sulfide) groups is 1. The number of amides is 2. The summed E-state index contributed by atoms with van der Waals surface area (Å²) in [4.78, 5) is 26.2. The quantitative estimate of drug-likeness (QED) is 0.442. The van der Waals surface area contributed by atoms with Crippen molar-refractivity contribution in [2.75, 3.05) is 17.7 Å². The van der Waals surface area contributed by atoms with Crippen molar-refractivity contribution in [1.29, 1.82) is 0 Å². The lowest BCUT2D eigenvalue weighted by Gasteiger charge is -2.16. The molecule has 1 atom stereocenters. The summed E-state index contributed by atoms with van der Waals surface area (Å²) in [5.74, 6) is 0.519. The minimum absolute atomic E-state index is 0.0631. The van der Waals surface area contributed by atoms with Gasteiger partial charge in [0, 0.05) is 21.8 Å². The topological polar surface area (TPSA) is 67.4 Å². The molecule has 0 saturated carbocycles. The van der Waals surface area contributed by atoms with Crippen molar-refractivity contribution in [3.05, 3.63) is 83.9 Å². The second-order valence-corrected chi connectivity index (χ2v) is 8.36. The molecule has 1 unspecified atom stereocenters. The molecule has 0 spiro atoms. The Balaban J connectivity index is 1.64. The third-order valence-corrected chi connectivity index (χ3v) is 6.03. The number of carbonyl (C=O) groups is 2. The van der Waals surface area contributed by atoms with Crippen molar-refractivity contribution in [1.82, 2.24) is 0 Å². The lowest BCUT2D eigenvalue weighted by Crippen LogP contribution is -2.24. The van der Waals surface area contributed by atoms with E-state index in [4.69, 9.17) is 4.74 Å². The maximum absolute atomic E-state index is 12.7. The molecule has 0 bridgehead atoms.